The Balaban J connectivity index is 1.64. The van der Waals surface area contributed by atoms with Gasteiger partial charge in [0.2, 0.25) is 5.91 Å². The summed E-state index contributed by atoms with van der Waals surface area (Å²) in [5.74, 6) is -0.213. The largest absolute Gasteiger partial charge is 0.335 e. The summed E-state index contributed by atoms with van der Waals surface area (Å²) in [6.45, 7) is 3.83. The van der Waals surface area contributed by atoms with E-state index < -0.39 is 0 Å². The van der Waals surface area contributed by atoms with Crippen LogP contribution in [0.4, 0.5) is 4.79 Å². The lowest BCUT2D eigenvalue weighted by atomic mass is 9.96. The fraction of sp³-hybridized carbons (Fsp3) is 0.846. The predicted molar refractivity (Wildman–Crippen MR) is 72.9 cm³/mol. The second-order valence-corrected chi connectivity index (χ2v) is 5.38. The maximum absolute atomic E-state index is 11.7. The number of amides is 3. The molecule has 0 spiro atoms. The Kier molecular flexibility index (Phi) is 5.60. The molecule has 3 amide bonds. The van der Waals surface area contributed by atoms with Crippen LogP contribution in [0.2, 0.25) is 0 Å². The highest BCUT2D eigenvalue weighted by Crippen LogP contribution is 2.17. The van der Waals surface area contributed by atoms with E-state index in [9.17, 15) is 9.59 Å². The van der Waals surface area contributed by atoms with Gasteiger partial charge in [0, 0.05) is 32.2 Å². The average Bonchev–Trinajstić information content (AvgIpc) is 2.40. The summed E-state index contributed by atoms with van der Waals surface area (Å²) in [4.78, 5) is 25.5. The van der Waals surface area contributed by atoms with Crippen molar-refractivity contribution in [2.45, 2.75) is 38.1 Å². The van der Waals surface area contributed by atoms with E-state index in [0.717, 1.165) is 39.0 Å². The van der Waals surface area contributed by atoms with Crippen LogP contribution in [0.1, 0.15) is 32.1 Å². The number of imide groups is 1. The smallest absolute Gasteiger partial charge is 0.321 e. The van der Waals surface area contributed by atoms with Gasteiger partial charge in [-0.2, -0.15) is 0 Å². The van der Waals surface area contributed by atoms with Crippen molar-refractivity contribution >= 4 is 11.9 Å². The van der Waals surface area contributed by atoms with Gasteiger partial charge in [0.15, 0.2) is 0 Å². The molecule has 2 fully saturated rings. The van der Waals surface area contributed by atoms with E-state index in [4.69, 9.17) is 0 Å². The number of hydrogen-bond acceptors (Lipinski definition) is 4. The Hall–Kier alpha value is -1.14. The van der Waals surface area contributed by atoms with E-state index in [-0.39, 0.29) is 18.0 Å². The van der Waals surface area contributed by atoms with E-state index in [1.165, 1.54) is 19.3 Å². The van der Waals surface area contributed by atoms with Crippen LogP contribution in [0.25, 0.3) is 0 Å². The predicted octanol–water partition coefficient (Wildman–Crippen LogP) is 0.0501. The third-order valence-electron chi connectivity index (χ3n) is 3.77. The topological polar surface area (TPSA) is 73.5 Å². The van der Waals surface area contributed by atoms with Crippen LogP contribution in [0.5, 0.6) is 0 Å². The van der Waals surface area contributed by atoms with Crippen molar-refractivity contribution in [1.82, 2.24) is 20.9 Å². The quantitative estimate of drug-likeness (QED) is 0.676. The summed E-state index contributed by atoms with van der Waals surface area (Å²) in [5.41, 5.74) is 0. The Morgan fingerprint density at radius 3 is 2.47 bits per heavy atom. The highest BCUT2D eigenvalue weighted by Gasteiger charge is 2.18. The monoisotopic (exact) mass is 268 g/mol. The van der Waals surface area contributed by atoms with Gasteiger partial charge < -0.3 is 10.6 Å². The molecule has 0 bridgehead atoms. The van der Waals surface area contributed by atoms with Crippen molar-refractivity contribution in [2.75, 3.05) is 32.7 Å². The Labute approximate surface area is 114 Å². The van der Waals surface area contributed by atoms with E-state index >= 15 is 0 Å². The van der Waals surface area contributed by atoms with Crippen molar-refractivity contribution in [3.63, 3.8) is 0 Å². The van der Waals surface area contributed by atoms with Gasteiger partial charge in [-0.05, 0) is 12.8 Å². The number of hydrogen-bond donors (Lipinski definition) is 3. The molecule has 0 atom stereocenters. The van der Waals surface area contributed by atoms with Gasteiger partial charge in [-0.15, -0.1) is 0 Å². The Morgan fingerprint density at radius 1 is 1.11 bits per heavy atom. The first-order valence-corrected chi connectivity index (χ1v) is 7.27. The lowest BCUT2D eigenvalue weighted by Gasteiger charge is -2.26. The molecule has 19 heavy (non-hydrogen) atoms. The molecule has 6 heteroatoms. The molecule has 1 aliphatic heterocycles. The molecule has 0 aromatic carbocycles. The average molecular weight is 268 g/mol. The standard InChI is InChI=1S/C13H24N4O2/c18-12(10-17-8-6-14-7-9-17)16-13(19)15-11-4-2-1-3-5-11/h11,14H,1-10H2,(H2,15,16,18,19). The van der Waals surface area contributed by atoms with E-state index in [1.54, 1.807) is 0 Å². The first-order chi connectivity index (χ1) is 9.24. The molecular formula is C13H24N4O2. The summed E-state index contributed by atoms with van der Waals surface area (Å²) in [6.07, 6.45) is 5.64. The molecule has 1 saturated carbocycles. The first-order valence-electron chi connectivity index (χ1n) is 7.27. The molecule has 1 aliphatic carbocycles. The third-order valence-corrected chi connectivity index (χ3v) is 3.77. The fourth-order valence-corrected chi connectivity index (χ4v) is 2.71. The minimum absolute atomic E-state index is 0.213. The molecule has 3 N–H and O–H groups in total. The number of nitrogens with zero attached hydrogens (tertiary/aromatic N) is 1. The van der Waals surface area contributed by atoms with Crippen molar-refractivity contribution in [3.8, 4) is 0 Å². The van der Waals surface area contributed by atoms with Gasteiger partial charge >= 0.3 is 6.03 Å². The summed E-state index contributed by atoms with van der Waals surface area (Å²) >= 11 is 0. The van der Waals surface area contributed by atoms with Crippen molar-refractivity contribution in [2.24, 2.45) is 0 Å². The van der Waals surface area contributed by atoms with Crippen LogP contribution in [0.3, 0.4) is 0 Å². The summed E-state index contributed by atoms with van der Waals surface area (Å²) in [6, 6.07) is -0.104. The molecule has 2 aliphatic rings. The third kappa shape index (κ3) is 5.16. The van der Waals surface area contributed by atoms with Crippen LogP contribution >= 0.6 is 0 Å². The number of rotatable bonds is 3. The SMILES string of the molecule is O=C(CN1CCNCC1)NC(=O)NC1CCCCC1. The van der Waals surface area contributed by atoms with Gasteiger partial charge in [-0.25, -0.2) is 4.79 Å². The van der Waals surface area contributed by atoms with Crippen molar-refractivity contribution in [3.05, 3.63) is 0 Å². The highest BCUT2D eigenvalue weighted by molar-refractivity contribution is 5.95. The fourth-order valence-electron chi connectivity index (χ4n) is 2.71. The van der Waals surface area contributed by atoms with Crippen molar-refractivity contribution < 1.29 is 9.59 Å². The van der Waals surface area contributed by atoms with Gasteiger partial charge in [0.05, 0.1) is 6.54 Å². The van der Waals surface area contributed by atoms with E-state index in [0.29, 0.717) is 6.54 Å². The summed E-state index contributed by atoms with van der Waals surface area (Å²) < 4.78 is 0. The molecule has 0 aromatic heterocycles. The van der Waals surface area contributed by atoms with Crippen LogP contribution in [-0.2, 0) is 4.79 Å². The molecule has 2 rings (SSSR count). The van der Waals surface area contributed by atoms with Crippen LogP contribution in [0, 0.1) is 0 Å². The first kappa shape index (κ1) is 14.3. The van der Waals surface area contributed by atoms with Crippen molar-refractivity contribution in [1.29, 1.82) is 0 Å². The number of carbonyl (C=O) groups excluding carboxylic acids is 2. The maximum atomic E-state index is 11.7. The Bertz CT molecular complexity index is 280. The zero-order chi connectivity index (χ0) is 13.5. The van der Waals surface area contributed by atoms with Gasteiger partial charge in [-0.3, -0.25) is 15.0 Å². The molecular weight excluding hydrogens is 244 g/mol. The van der Waals surface area contributed by atoms with Crippen LogP contribution in [-0.4, -0.2) is 55.6 Å². The maximum Gasteiger partial charge on any atom is 0.321 e. The number of nitrogens with one attached hydrogen (secondary N) is 3. The van der Waals surface area contributed by atoms with Crippen LogP contribution in [0.15, 0.2) is 0 Å². The lowest BCUT2D eigenvalue weighted by Crippen LogP contribution is -2.51. The molecule has 108 valence electrons. The minimum Gasteiger partial charge on any atom is -0.335 e. The minimum atomic E-state index is -0.341. The van der Waals surface area contributed by atoms with Gasteiger partial charge in [0.25, 0.3) is 0 Å². The Morgan fingerprint density at radius 2 is 1.79 bits per heavy atom. The molecule has 6 nitrogen and oxygen atoms in total. The highest BCUT2D eigenvalue weighted by atomic mass is 16.2. The molecule has 0 radical (unpaired) electrons. The summed E-state index contributed by atoms with van der Waals surface area (Å²) in [5, 5.41) is 8.54. The lowest BCUT2D eigenvalue weighted by molar-refractivity contribution is -0.121. The van der Waals surface area contributed by atoms with Gasteiger partial charge in [-0.1, -0.05) is 19.3 Å². The molecule has 0 unspecified atom stereocenters. The second kappa shape index (κ2) is 7.45. The van der Waals surface area contributed by atoms with E-state index in [1.807, 2.05) is 0 Å². The molecule has 1 saturated heterocycles. The number of urea groups is 1. The molecule has 1 heterocycles. The number of carbonyl (C=O) groups is 2. The zero-order valence-electron chi connectivity index (χ0n) is 11.4. The normalized spacial score (nSPS) is 21.9. The van der Waals surface area contributed by atoms with E-state index in [2.05, 4.69) is 20.9 Å². The van der Waals surface area contributed by atoms with Crippen LogP contribution < -0.4 is 16.0 Å². The number of piperazine rings is 1. The zero-order valence-corrected chi connectivity index (χ0v) is 11.4. The molecule has 0 aromatic rings. The van der Waals surface area contributed by atoms with Gasteiger partial charge in [0.1, 0.15) is 0 Å². The second-order valence-electron chi connectivity index (χ2n) is 5.38. The summed E-state index contributed by atoms with van der Waals surface area (Å²) in [7, 11) is 0.